The van der Waals surface area contributed by atoms with Crippen LogP contribution in [-0.4, -0.2) is 17.8 Å². The molecule has 2 nitrogen and oxygen atoms in total. The van der Waals surface area contributed by atoms with Crippen molar-refractivity contribution >= 4 is 21.8 Å². The van der Waals surface area contributed by atoms with E-state index in [2.05, 4.69) is 42.0 Å². The van der Waals surface area contributed by atoms with Crippen molar-refractivity contribution < 1.29 is 4.79 Å². The Morgan fingerprint density at radius 2 is 2.17 bits per heavy atom. The molecule has 106 valence electrons. The lowest BCUT2D eigenvalue weighted by Gasteiger charge is -2.37. The van der Waals surface area contributed by atoms with Crippen LogP contribution in [0.5, 0.6) is 0 Å². The summed E-state index contributed by atoms with van der Waals surface area (Å²) in [5.74, 6) is 1.21. The summed E-state index contributed by atoms with van der Waals surface area (Å²) in [6, 6.07) is 0. The summed E-state index contributed by atoms with van der Waals surface area (Å²) in [5, 5.41) is 4.19. The number of carbonyl (C=O) groups is 1. The third-order valence-electron chi connectivity index (χ3n) is 4.26. The molecule has 0 aromatic heterocycles. The van der Waals surface area contributed by atoms with E-state index in [0.29, 0.717) is 5.92 Å². The third kappa shape index (κ3) is 4.91. The lowest BCUT2D eigenvalue weighted by atomic mass is 9.68. The molecule has 0 saturated heterocycles. The third-order valence-corrected chi connectivity index (χ3v) is 5.37. The van der Waals surface area contributed by atoms with Crippen LogP contribution in [0.3, 0.4) is 0 Å². The smallest absolute Gasteiger partial charge is 0.223 e. The minimum absolute atomic E-state index is 0.186. The van der Waals surface area contributed by atoms with E-state index in [1.807, 2.05) is 0 Å². The molecule has 3 heteroatoms. The topological polar surface area (TPSA) is 29.1 Å². The van der Waals surface area contributed by atoms with Crippen LogP contribution in [0.4, 0.5) is 0 Å². The second kappa shape index (κ2) is 7.52. The monoisotopic (exact) mass is 317 g/mol. The molecule has 2 unspecified atom stereocenters. The first-order valence-corrected chi connectivity index (χ1v) is 8.43. The number of nitrogens with one attached hydrogen (secondary N) is 1. The van der Waals surface area contributed by atoms with Crippen molar-refractivity contribution in [2.75, 3.05) is 11.9 Å². The predicted octanol–water partition coefficient (Wildman–Crippen LogP) is 4.13. The molecule has 0 bridgehead atoms. The van der Waals surface area contributed by atoms with E-state index in [1.54, 1.807) is 0 Å². The molecule has 1 rings (SSSR count). The molecular formula is C15H28BrNO. The first-order chi connectivity index (χ1) is 8.47. The van der Waals surface area contributed by atoms with Crippen LogP contribution < -0.4 is 5.32 Å². The van der Waals surface area contributed by atoms with Crippen LogP contribution in [0, 0.1) is 17.3 Å². The molecule has 0 aromatic rings. The standard InChI is InChI=1S/C15H28BrNO/c1-12(11-16)7-6-10-17-14(18)13-8-4-5-9-15(13,2)3/h12-13H,4-11H2,1-3H3,(H,17,18). The van der Waals surface area contributed by atoms with Gasteiger partial charge in [-0.3, -0.25) is 4.79 Å². The highest BCUT2D eigenvalue weighted by atomic mass is 79.9. The molecular weight excluding hydrogens is 290 g/mol. The minimum Gasteiger partial charge on any atom is -0.356 e. The van der Waals surface area contributed by atoms with Crippen molar-refractivity contribution in [2.45, 2.75) is 59.3 Å². The van der Waals surface area contributed by atoms with Gasteiger partial charge in [-0.15, -0.1) is 0 Å². The Kier molecular flexibility index (Phi) is 6.68. The van der Waals surface area contributed by atoms with E-state index in [-0.39, 0.29) is 17.2 Å². The summed E-state index contributed by atoms with van der Waals surface area (Å²) in [6.07, 6.45) is 7.01. The highest BCUT2D eigenvalue weighted by Gasteiger charge is 2.36. The second-order valence-corrected chi connectivity index (χ2v) is 7.13. The SMILES string of the molecule is CC(CBr)CCCNC(=O)C1CCCCC1(C)C. The minimum atomic E-state index is 0.186. The zero-order chi connectivity index (χ0) is 13.6. The maximum Gasteiger partial charge on any atom is 0.223 e. The normalized spacial score (nSPS) is 24.6. The van der Waals surface area contributed by atoms with E-state index in [0.717, 1.165) is 24.7 Å². The molecule has 1 aliphatic carbocycles. The number of halogens is 1. The maximum atomic E-state index is 12.2. The van der Waals surface area contributed by atoms with Crippen molar-refractivity contribution in [3.05, 3.63) is 0 Å². The van der Waals surface area contributed by atoms with E-state index < -0.39 is 0 Å². The molecule has 1 N–H and O–H groups in total. The van der Waals surface area contributed by atoms with E-state index in [4.69, 9.17) is 0 Å². The summed E-state index contributed by atoms with van der Waals surface area (Å²) in [5.41, 5.74) is 0.186. The van der Waals surface area contributed by atoms with Gasteiger partial charge in [-0.05, 0) is 37.0 Å². The van der Waals surface area contributed by atoms with Gasteiger partial charge in [0.05, 0.1) is 0 Å². The van der Waals surface area contributed by atoms with Gasteiger partial charge in [0.15, 0.2) is 0 Å². The highest BCUT2D eigenvalue weighted by Crippen LogP contribution is 2.40. The maximum absolute atomic E-state index is 12.2. The molecule has 0 radical (unpaired) electrons. The lowest BCUT2D eigenvalue weighted by molar-refractivity contribution is -0.130. The molecule has 0 aliphatic heterocycles. The Morgan fingerprint density at radius 3 is 2.78 bits per heavy atom. The van der Waals surface area contributed by atoms with Crippen molar-refractivity contribution in [2.24, 2.45) is 17.3 Å². The fourth-order valence-electron chi connectivity index (χ4n) is 2.84. The van der Waals surface area contributed by atoms with Crippen molar-refractivity contribution in [3.8, 4) is 0 Å². The van der Waals surface area contributed by atoms with Gasteiger partial charge in [-0.25, -0.2) is 0 Å². The molecule has 1 aliphatic rings. The number of hydrogen-bond donors (Lipinski definition) is 1. The number of hydrogen-bond acceptors (Lipinski definition) is 1. The fraction of sp³-hybridized carbons (Fsp3) is 0.933. The Bertz CT molecular complexity index is 265. The van der Waals surface area contributed by atoms with Gasteiger partial charge < -0.3 is 5.32 Å². The predicted molar refractivity (Wildman–Crippen MR) is 80.9 cm³/mol. The second-order valence-electron chi connectivity index (χ2n) is 6.48. The molecule has 2 atom stereocenters. The number of alkyl halides is 1. The van der Waals surface area contributed by atoms with Crippen LogP contribution in [-0.2, 0) is 4.79 Å². The fourth-order valence-corrected chi connectivity index (χ4v) is 3.17. The Morgan fingerprint density at radius 1 is 1.44 bits per heavy atom. The first kappa shape index (κ1) is 16.0. The van der Waals surface area contributed by atoms with Crippen molar-refractivity contribution in [1.82, 2.24) is 5.32 Å². The Labute approximate surface area is 120 Å². The molecule has 0 aromatic carbocycles. The van der Waals surface area contributed by atoms with Crippen LogP contribution in [0.15, 0.2) is 0 Å². The van der Waals surface area contributed by atoms with E-state index in [1.165, 1.54) is 25.7 Å². The average Bonchev–Trinajstić information content (AvgIpc) is 2.33. The highest BCUT2D eigenvalue weighted by molar-refractivity contribution is 9.09. The van der Waals surface area contributed by atoms with Gasteiger partial charge in [0.1, 0.15) is 0 Å². The zero-order valence-corrected chi connectivity index (χ0v) is 13.7. The van der Waals surface area contributed by atoms with Gasteiger partial charge >= 0.3 is 0 Å². The largest absolute Gasteiger partial charge is 0.356 e. The molecule has 1 fully saturated rings. The average molecular weight is 318 g/mol. The van der Waals surface area contributed by atoms with E-state index >= 15 is 0 Å². The van der Waals surface area contributed by atoms with Crippen LogP contribution in [0.25, 0.3) is 0 Å². The molecule has 1 amide bonds. The summed E-state index contributed by atoms with van der Waals surface area (Å²) >= 11 is 3.49. The van der Waals surface area contributed by atoms with Crippen LogP contribution in [0.2, 0.25) is 0 Å². The molecule has 0 spiro atoms. The summed E-state index contributed by atoms with van der Waals surface area (Å²) in [6.45, 7) is 7.55. The molecule has 1 saturated carbocycles. The van der Waals surface area contributed by atoms with Gasteiger partial charge in [0.2, 0.25) is 5.91 Å². The van der Waals surface area contributed by atoms with Crippen LogP contribution >= 0.6 is 15.9 Å². The molecule has 18 heavy (non-hydrogen) atoms. The summed E-state index contributed by atoms with van der Waals surface area (Å²) in [7, 11) is 0. The summed E-state index contributed by atoms with van der Waals surface area (Å²) in [4.78, 5) is 12.2. The van der Waals surface area contributed by atoms with Crippen molar-refractivity contribution in [3.63, 3.8) is 0 Å². The number of carbonyl (C=O) groups excluding carboxylic acids is 1. The van der Waals surface area contributed by atoms with Crippen molar-refractivity contribution in [1.29, 1.82) is 0 Å². The Balaban J connectivity index is 2.27. The van der Waals surface area contributed by atoms with E-state index in [9.17, 15) is 4.79 Å². The number of amides is 1. The van der Waals surface area contributed by atoms with Gasteiger partial charge in [-0.1, -0.05) is 49.5 Å². The van der Waals surface area contributed by atoms with Gasteiger partial charge in [-0.2, -0.15) is 0 Å². The summed E-state index contributed by atoms with van der Waals surface area (Å²) < 4.78 is 0. The van der Waals surface area contributed by atoms with Crippen LogP contribution in [0.1, 0.15) is 59.3 Å². The molecule has 0 heterocycles. The van der Waals surface area contributed by atoms with Gasteiger partial charge in [0, 0.05) is 17.8 Å². The first-order valence-electron chi connectivity index (χ1n) is 7.31. The Hall–Kier alpha value is -0.0500. The quantitative estimate of drug-likeness (QED) is 0.579. The zero-order valence-electron chi connectivity index (χ0n) is 12.1. The lowest BCUT2D eigenvalue weighted by Crippen LogP contribution is -2.41. The van der Waals surface area contributed by atoms with Gasteiger partial charge in [0.25, 0.3) is 0 Å². The number of rotatable bonds is 6.